The molecule has 2 heterocycles. The summed E-state index contributed by atoms with van der Waals surface area (Å²) in [5.74, 6) is 0.349. The minimum absolute atomic E-state index is 0.349. The van der Waals surface area contributed by atoms with Crippen molar-refractivity contribution >= 4 is 17.2 Å². The van der Waals surface area contributed by atoms with Crippen molar-refractivity contribution in [2.24, 2.45) is 0 Å². The molecule has 0 aliphatic rings. The quantitative estimate of drug-likeness (QED) is 0.700. The van der Waals surface area contributed by atoms with E-state index in [2.05, 4.69) is 29.0 Å². The predicted molar refractivity (Wildman–Crippen MR) is 49.9 cm³/mol. The van der Waals surface area contributed by atoms with Crippen LogP contribution in [0.15, 0.2) is 12.4 Å². The molecule has 0 saturated heterocycles. The van der Waals surface area contributed by atoms with Crippen molar-refractivity contribution in [2.45, 2.75) is 19.8 Å². The second-order valence-electron chi connectivity index (χ2n) is 3.15. The van der Waals surface area contributed by atoms with Crippen LogP contribution in [0.2, 0.25) is 5.15 Å². The summed E-state index contributed by atoms with van der Waals surface area (Å²) in [6.07, 6.45) is 1.46. The zero-order chi connectivity index (χ0) is 9.42. The molecule has 0 aliphatic carbocycles. The topological polar surface area (TPSA) is 43.1 Å². The summed E-state index contributed by atoms with van der Waals surface area (Å²) in [5, 5.41) is 8.45. The van der Waals surface area contributed by atoms with E-state index in [1.165, 1.54) is 11.0 Å². The van der Waals surface area contributed by atoms with Gasteiger partial charge in [-0.05, 0) is 17.5 Å². The fraction of sp³-hybridized carbons (Fsp3) is 0.375. The first kappa shape index (κ1) is 8.44. The molecule has 0 atom stereocenters. The molecular formula is C8H9ClN4. The van der Waals surface area contributed by atoms with E-state index in [1.807, 2.05) is 6.07 Å². The third-order valence-electron chi connectivity index (χ3n) is 1.88. The first-order valence-corrected chi connectivity index (χ1v) is 4.42. The first-order chi connectivity index (χ1) is 6.18. The second kappa shape index (κ2) is 2.96. The van der Waals surface area contributed by atoms with Crippen LogP contribution in [0.4, 0.5) is 0 Å². The molecule has 2 aromatic heterocycles. The molecule has 4 nitrogen and oxygen atoms in total. The number of hydrogen-bond acceptors (Lipinski definition) is 3. The highest BCUT2D eigenvalue weighted by molar-refractivity contribution is 6.30. The van der Waals surface area contributed by atoms with Crippen LogP contribution in [0.1, 0.15) is 25.3 Å². The van der Waals surface area contributed by atoms with Crippen LogP contribution < -0.4 is 0 Å². The van der Waals surface area contributed by atoms with Gasteiger partial charge in [-0.3, -0.25) is 0 Å². The van der Waals surface area contributed by atoms with Crippen molar-refractivity contribution in [2.75, 3.05) is 0 Å². The molecule has 0 aromatic carbocycles. The number of fused-ring (bicyclic) bond motifs is 1. The third-order valence-corrected chi connectivity index (χ3v) is 2.18. The number of aromatic nitrogens is 4. The monoisotopic (exact) mass is 196 g/mol. The Hall–Kier alpha value is -1.16. The van der Waals surface area contributed by atoms with Crippen LogP contribution >= 0.6 is 11.6 Å². The Bertz CT molecular complexity index is 435. The Balaban J connectivity index is 2.69. The van der Waals surface area contributed by atoms with E-state index in [0.29, 0.717) is 11.1 Å². The highest BCUT2D eigenvalue weighted by Gasteiger charge is 2.09. The van der Waals surface area contributed by atoms with Crippen LogP contribution in [0.3, 0.4) is 0 Å². The van der Waals surface area contributed by atoms with Crippen molar-refractivity contribution in [1.82, 2.24) is 19.8 Å². The molecule has 0 unspecified atom stereocenters. The number of hydrogen-bond donors (Lipinski definition) is 0. The number of rotatable bonds is 1. The van der Waals surface area contributed by atoms with E-state index in [0.717, 1.165) is 11.2 Å². The summed E-state index contributed by atoms with van der Waals surface area (Å²) >= 11 is 5.96. The average Bonchev–Trinajstić information content (AvgIpc) is 2.48. The van der Waals surface area contributed by atoms with E-state index in [4.69, 9.17) is 11.6 Å². The highest BCUT2D eigenvalue weighted by atomic mass is 35.5. The van der Waals surface area contributed by atoms with Gasteiger partial charge in [0.2, 0.25) is 0 Å². The van der Waals surface area contributed by atoms with Crippen molar-refractivity contribution in [3.63, 3.8) is 0 Å². The van der Waals surface area contributed by atoms with Gasteiger partial charge in [0.1, 0.15) is 6.33 Å². The van der Waals surface area contributed by atoms with Crippen LogP contribution in [0, 0.1) is 0 Å². The summed E-state index contributed by atoms with van der Waals surface area (Å²) < 4.78 is 1.42. The van der Waals surface area contributed by atoms with E-state index in [1.54, 1.807) is 0 Å². The van der Waals surface area contributed by atoms with Gasteiger partial charge in [-0.1, -0.05) is 25.4 Å². The van der Waals surface area contributed by atoms with Crippen LogP contribution in [-0.4, -0.2) is 19.8 Å². The molecule has 0 aliphatic heterocycles. The summed E-state index contributed by atoms with van der Waals surface area (Å²) in [6, 6.07) is 1.91. The van der Waals surface area contributed by atoms with Crippen molar-refractivity contribution in [3.8, 4) is 0 Å². The lowest BCUT2D eigenvalue weighted by atomic mass is 10.1. The Labute approximate surface area is 80.5 Å². The van der Waals surface area contributed by atoms with Gasteiger partial charge < -0.3 is 0 Å². The molecule has 2 aromatic rings. The molecule has 0 fully saturated rings. The van der Waals surface area contributed by atoms with Gasteiger partial charge in [-0.2, -0.15) is 0 Å². The molecule has 68 valence electrons. The highest BCUT2D eigenvalue weighted by Crippen LogP contribution is 2.22. The smallest absolute Gasteiger partial charge is 0.176 e. The first-order valence-electron chi connectivity index (χ1n) is 4.05. The molecule has 13 heavy (non-hydrogen) atoms. The Morgan fingerprint density at radius 3 is 2.92 bits per heavy atom. The molecule has 0 amide bonds. The molecule has 5 heteroatoms. The summed E-state index contributed by atoms with van der Waals surface area (Å²) in [5.41, 5.74) is 1.73. The molecule has 2 rings (SSSR count). The van der Waals surface area contributed by atoms with Crippen LogP contribution in [0.25, 0.3) is 5.65 Å². The minimum Gasteiger partial charge on any atom is -0.213 e. The molecule has 0 spiro atoms. The van der Waals surface area contributed by atoms with Gasteiger partial charge in [0.15, 0.2) is 10.8 Å². The van der Waals surface area contributed by atoms with Crippen LogP contribution in [0.5, 0.6) is 0 Å². The van der Waals surface area contributed by atoms with Crippen molar-refractivity contribution in [3.05, 3.63) is 23.1 Å². The standard InChI is InChI=1S/C8H9ClN4/c1-5(2)6-3-7-10-4-11-13(7)12-8(6)9/h3-5H,1-2H3. The lowest BCUT2D eigenvalue weighted by Gasteiger charge is -2.05. The van der Waals surface area contributed by atoms with Crippen LogP contribution in [-0.2, 0) is 0 Å². The average molecular weight is 197 g/mol. The normalized spacial score (nSPS) is 11.4. The van der Waals surface area contributed by atoms with Gasteiger partial charge in [0.25, 0.3) is 0 Å². The molecule has 0 N–H and O–H groups in total. The molecule has 0 radical (unpaired) electrons. The molecule has 0 bridgehead atoms. The summed E-state index contributed by atoms with van der Waals surface area (Å²) in [6.45, 7) is 4.13. The fourth-order valence-corrected chi connectivity index (χ4v) is 1.51. The number of halogens is 1. The maximum absolute atomic E-state index is 5.96. The Kier molecular flexibility index (Phi) is 1.92. The SMILES string of the molecule is CC(C)c1cc2ncnn2nc1Cl. The van der Waals surface area contributed by atoms with Gasteiger partial charge >= 0.3 is 0 Å². The maximum atomic E-state index is 5.96. The summed E-state index contributed by atoms with van der Waals surface area (Å²) in [7, 11) is 0. The van der Waals surface area contributed by atoms with Gasteiger partial charge in [-0.15, -0.1) is 14.8 Å². The van der Waals surface area contributed by atoms with E-state index in [9.17, 15) is 0 Å². The van der Waals surface area contributed by atoms with Gasteiger partial charge in [-0.25, -0.2) is 4.98 Å². The zero-order valence-corrected chi connectivity index (χ0v) is 8.15. The van der Waals surface area contributed by atoms with Crippen molar-refractivity contribution in [1.29, 1.82) is 0 Å². The second-order valence-corrected chi connectivity index (χ2v) is 3.51. The lowest BCUT2D eigenvalue weighted by Crippen LogP contribution is -1.99. The number of nitrogens with zero attached hydrogens (tertiary/aromatic N) is 4. The zero-order valence-electron chi connectivity index (χ0n) is 7.40. The maximum Gasteiger partial charge on any atom is 0.176 e. The third kappa shape index (κ3) is 1.37. The Morgan fingerprint density at radius 1 is 1.46 bits per heavy atom. The summed E-state index contributed by atoms with van der Waals surface area (Å²) in [4.78, 5) is 4.03. The van der Waals surface area contributed by atoms with Crippen molar-refractivity contribution < 1.29 is 0 Å². The van der Waals surface area contributed by atoms with Gasteiger partial charge in [0.05, 0.1) is 0 Å². The minimum atomic E-state index is 0.349. The fourth-order valence-electron chi connectivity index (χ4n) is 1.16. The lowest BCUT2D eigenvalue weighted by molar-refractivity contribution is 0.771. The van der Waals surface area contributed by atoms with E-state index >= 15 is 0 Å². The van der Waals surface area contributed by atoms with E-state index in [-0.39, 0.29) is 0 Å². The van der Waals surface area contributed by atoms with Gasteiger partial charge in [0, 0.05) is 0 Å². The largest absolute Gasteiger partial charge is 0.213 e. The molecular weight excluding hydrogens is 188 g/mol. The van der Waals surface area contributed by atoms with E-state index < -0.39 is 0 Å². The predicted octanol–water partition coefficient (Wildman–Crippen LogP) is 1.90. The Morgan fingerprint density at radius 2 is 2.23 bits per heavy atom. The molecule has 0 saturated carbocycles.